The van der Waals surface area contributed by atoms with E-state index in [1.165, 1.54) is 44.9 Å². The second-order valence-corrected chi connectivity index (χ2v) is 7.04. The molecular formula is C17H27N3O. The van der Waals surface area contributed by atoms with Crippen LogP contribution < -0.4 is 5.73 Å². The first-order valence-electron chi connectivity index (χ1n) is 8.49. The Morgan fingerprint density at radius 2 is 1.95 bits per heavy atom. The maximum Gasteiger partial charge on any atom is 0.140 e. The Labute approximate surface area is 127 Å². The quantitative estimate of drug-likeness (QED) is 0.905. The molecule has 2 aliphatic carbocycles. The van der Waals surface area contributed by atoms with Crippen LogP contribution in [0.5, 0.6) is 0 Å². The monoisotopic (exact) mass is 289 g/mol. The van der Waals surface area contributed by atoms with Crippen molar-refractivity contribution in [2.75, 3.05) is 0 Å². The molecule has 0 aliphatic heterocycles. The molecule has 4 heteroatoms. The van der Waals surface area contributed by atoms with Gasteiger partial charge in [-0.05, 0) is 31.7 Å². The van der Waals surface area contributed by atoms with Gasteiger partial charge in [-0.2, -0.15) is 5.10 Å². The van der Waals surface area contributed by atoms with E-state index in [1.54, 1.807) is 0 Å². The van der Waals surface area contributed by atoms with Crippen LogP contribution in [0.4, 0.5) is 0 Å². The molecule has 2 saturated carbocycles. The molecule has 0 bridgehead atoms. The molecule has 1 heterocycles. The maximum atomic E-state index is 12.2. The SMILES string of the molecule is NC1(CC(=O)Cc2ccn(C3CCCCC3)n2)CCCC1. The largest absolute Gasteiger partial charge is 0.325 e. The lowest BCUT2D eigenvalue weighted by molar-refractivity contribution is -0.119. The second-order valence-electron chi connectivity index (χ2n) is 7.04. The summed E-state index contributed by atoms with van der Waals surface area (Å²) in [6.07, 6.45) is 13.7. The first kappa shape index (κ1) is 14.8. The van der Waals surface area contributed by atoms with Crippen LogP contribution in [0.15, 0.2) is 12.3 Å². The van der Waals surface area contributed by atoms with Crippen molar-refractivity contribution >= 4 is 5.78 Å². The maximum absolute atomic E-state index is 12.2. The molecule has 1 aromatic heterocycles. The average molecular weight is 289 g/mol. The normalized spacial score (nSPS) is 22.5. The van der Waals surface area contributed by atoms with Crippen molar-refractivity contribution in [3.05, 3.63) is 18.0 Å². The van der Waals surface area contributed by atoms with Crippen molar-refractivity contribution in [1.82, 2.24) is 9.78 Å². The molecule has 0 atom stereocenters. The topological polar surface area (TPSA) is 60.9 Å². The molecule has 116 valence electrons. The Balaban J connectivity index is 1.55. The smallest absolute Gasteiger partial charge is 0.140 e. The van der Waals surface area contributed by atoms with Crippen LogP contribution in [-0.4, -0.2) is 21.1 Å². The van der Waals surface area contributed by atoms with E-state index in [4.69, 9.17) is 5.73 Å². The summed E-state index contributed by atoms with van der Waals surface area (Å²) in [5.41, 5.74) is 6.97. The lowest BCUT2D eigenvalue weighted by atomic mass is 9.91. The van der Waals surface area contributed by atoms with E-state index in [9.17, 15) is 4.79 Å². The molecule has 0 aromatic carbocycles. The summed E-state index contributed by atoms with van der Waals surface area (Å²) < 4.78 is 2.08. The van der Waals surface area contributed by atoms with Crippen LogP contribution in [-0.2, 0) is 11.2 Å². The molecule has 4 nitrogen and oxygen atoms in total. The van der Waals surface area contributed by atoms with Gasteiger partial charge < -0.3 is 5.73 Å². The fourth-order valence-corrected chi connectivity index (χ4v) is 3.93. The van der Waals surface area contributed by atoms with Crippen molar-refractivity contribution in [2.24, 2.45) is 5.73 Å². The van der Waals surface area contributed by atoms with Crippen molar-refractivity contribution in [3.8, 4) is 0 Å². The third kappa shape index (κ3) is 3.73. The fourth-order valence-electron chi connectivity index (χ4n) is 3.93. The van der Waals surface area contributed by atoms with Gasteiger partial charge in [0.2, 0.25) is 0 Å². The molecule has 2 fully saturated rings. The molecule has 0 saturated heterocycles. The first-order chi connectivity index (χ1) is 10.1. The highest BCUT2D eigenvalue weighted by Crippen LogP contribution is 2.31. The van der Waals surface area contributed by atoms with Gasteiger partial charge in [0.1, 0.15) is 5.78 Å². The predicted molar refractivity (Wildman–Crippen MR) is 83.1 cm³/mol. The number of nitrogens with zero attached hydrogens (tertiary/aromatic N) is 2. The van der Waals surface area contributed by atoms with E-state index in [0.717, 1.165) is 18.5 Å². The third-order valence-electron chi connectivity index (χ3n) is 5.14. The summed E-state index contributed by atoms with van der Waals surface area (Å²) in [6.45, 7) is 0. The van der Waals surface area contributed by atoms with Crippen molar-refractivity contribution < 1.29 is 4.79 Å². The van der Waals surface area contributed by atoms with E-state index >= 15 is 0 Å². The number of aromatic nitrogens is 2. The van der Waals surface area contributed by atoms with Gasteiger partial charge in [0, 0.05) is 18.2 Å². The van der Waals surface area contributed by atoms with Crippen LogP contribution in [0.25, 0.3) is 0 Å². The number of nitrogens with two attached hydrogens (primary N) is 1. The predicted octanol–water partition coefficient (Wildman–Crippen LogP) is 3.16. The van der Waals surface area contributed by atoms with Crippen LogP contribution in [0, 0.1) is 0 Å². The van der Waals surface area contributed by atoms with Gasteiger partial charge in [0.15, 0.2) is 0 Å². The van der Waals surface area contributed by atoms with Crippen LogP contribution in [0.1, 0.15) is 75.9 Å². The van der Waals surface area contributed by atoms with E-state index in [-0.39, 0.29) is 11.3 Å². The molecule has 0 unspecified atom stereocenters. The minimum atomic E-state index is -0.233. The number of rotatable bonds is 5. The molecule has 0 amide bonds. The van der Waals surface area contributed by atoms with Gasteiger partial charge in [0.05, 0.1) is 18.2 Å². The Bertz CT molecular complexity index is 482. The zero-order valence-corrected chi connectivity index (χ0v) is 12.9. The Hall–Kier alpha value is -1.16. The van der Waals surface area contributed by atoms with E-state index < -0.39 is 0 Å². The molecule has 3 rings (SSSR count). The van der Waals surface area contributed by atoms with Gasteiger partial charge in [-0.3, -0.25) is 9.48 Å². The van der Waals surface area contributed by atoms with Gasteiger partial charge in [0.25, 0.3) is 0 Å². The van der Waals surface area contributed by atoms with Crippen LogP contribution in [0.2, 0.25) is 0 Å². The zero-order valence-electron chi connectivity index (χ0n) is 12.9. The van der Waals surface area contributed by atoms with Gasteiger partial charge in [-0.1, -0.05) is 32.1 Å². The van der Waals surface area contributed by atoms with Gasteiger partial charge in [-0.15, -0.1) is 0 Å². The van der Waals surface area contributed by atoms with E-state index in [1.807, 2.05) is 12.3 Å². The average Bonchev–Trinajstić information content (AvgIpc) is 3.09. The number of Topliss-reactive ketones (excluding diaryl/α,β-unsaturated/α-hetero) is 1. The summed E-state index contributed by atoms with van der Waals surface area (Å²) in [4.78, 5) is 12.2. The first-order valence-corrected chi connectivity index (χ1v) is 8.49. The Morgan fingerprint density at radius 1 is 1.24 bits per heavy atom. The summed E-state index contributed by atoms with van der Waals surface area (Å²) in [7, 11) is 0. The molecule has 1 aromatic rings. The lowest BCUT2D eigenvalue weighted by Gasteiger charge is -2.22. The Morgan fingerprint density at radius 3 is 2.67 bits per heavy atom. The minimum absolute atomic E-state index is 0.233. The number of hydrogen-bond acceptors (Lipinski definition) is 3. The van der Waals surface area contributed by atoms with Crippen LogP contribution >= 0.6 is 0 Å². The second kappa shape index (κ2) is 6.30. The summed E-state index contributed by atoms with van der Waals surface area (Å²) in [5, 5.41) is 4.63. The van der Waals surface area contributed by atoms with Gasteiger partial charge >= 0.3 is 0 Å². The lowest BCUT2D eigenvalue weighted by Crippen LogP contribution is -2.39. The summed E-state index contributed by atoms with van der Waals surface area (Å²) in [6, 6.07) is 2.54. The Kier molecular flexibility index (Phi) is 4.43. The third-order valence-corrected chi connectivity index (χ3v) is 5.14. The molecule has 2 aliphatic rings. The number of ketones is 1. The van der Waals surface area contributed by atoms with E-state index in [2.05, 4.69) is 9.78 Å². The molecule has 0 spiro atoms. The number of hydrogen-bond donors (Lipinski definition) is 1. The number of carbonyl (C=O) groups excluding carboxylic acids is 1. The highest BCUT2D eigenvalue weighted by atomic mass is 16.1. The van der Waals surface area contributed by atoms with Gasteiger partial charge in [-0.25, -0.2) is 0 Å². The molecule has 0 radical (unpaired) electrons. The van der Waals surface area contributed by atoms with Crippen molar-refractivity contribution in [2.45, 2.75) is 82.2 Å². The molecule has 2 N–H and O–H groups in total. The molecule has 21 heavy (non-hydrogen) atoms. The van der Waals surface area contributed by atoms with E-state index in [0.29, 0.717) is 18.9 Å². The minimum Gasteiger partial charge on any atom is -0.325 e. The summed E-state index contributed by atoms with van der Waals surface area (Å²) in [5.74, 6) is 0.244. The van der Waals surface area contributed by atoms with Crippen LogP contribution in [0.3, 0.4) is 0 Å². The van der Waals surface area contributed by atoms with Crippen molar-refractivity contribution in [1.29, 1.82) is 0 Å². The zero-order chi connectivity index (χ0) is 14.7. The summed E-state index contributed by atoms with van der Waals surface area (Å²) >= 11 is 0. The highest BCUT2D eigenvalue weighted by Gasteiger charge is 2.31. The molecular weight excluding hydrogens is 262 g/mol. The highest BCUT2D eigenvalue weighted by molar-refractivity contribution is 5.81. The number of carbonyl (C=O) groups is 1. The standard InChI is InChI=1S/C17H27N3O/c18-17(9-4-5-10-17)13-16(21)12-14-8-11-20(19-14)15-6-2-1-3-7-15/h8,11,15H,1-7,9-10,12-13,18H2. The fraction of sp³-hybridized carbons (Fsp3) is 0.765. The van der Waals surface area contributed by atoms with Crippen molar-refractivity contribution in [3.63, 3.8) is 0 Å².